The van der Waals surface area contributed by atoms with Crippen LogP contribution in [0.3, 0.4) is 0 Å². The number of benzene rings is 2. The molecule has 0 aliphatic carbocycles. The molecule has 2 aromatic carbocycles. The normalized spacial score (nSPS) is 14.9. The maximum absolute atomic E-state index is 12.9. The Hall–Kier alpha value is -3.54. The van der Waals surface area contributed by atoms with Crippen LogP contribution in [0.25, 0.3) is 17.4 Å². The summed E-state index contributed by atoms with van der Waals surface area (Å²) in [4.78, 5) is 35.3. The molecule has 3 aromatic rings. The van der Waals surface area contributed by atoms with Gasteiger partial charge in [-0.2, -0.15) is 0 Å². The van der Waals surface area contributed by atoms with Crippen molar-refractivity contribution in [1.82, 2.24) is 0 Å². The van der Waals surface area contributed by atoms with Crippen LogP contribution in [-0.2, 0) is 4.79 Å². The van der Waals surface area contributed by atoms with Gasteiger partial charge in [-0.15, -0.1) is 0 Å². The minimum atomic E-state index is -0.555. The van der Waals surface area contributed by atoms with E-state index in [4.69, 9.17) is 28.2 Å². The van der Waals surface area contributed by atoms with Gasteiger partial charge in [0.25, 0.3) is 17.3 Å². The van der Waals surface area contributed by atoms with Crippen LogP contribution in [-0.4, -0.2) is 20.1 Å². The van der Waals surface area contributed by atoms with E-state index >= 15 is 0 Å². The monoisotopic (exact) mass is 487 g/mol. The standard InChI is InChI=1S/C20H10ClN3O6S2/c21-16-6-4-13(24(28)29)9-15(16)17-7-5-14(30-17)10-18-19(25)22(20(31)32-18)11-2-1-3-12(8-11)23(26)27/h1-10H/b18-10+. The first kappa shape index (κ1) is 21.7. The lowest BCUT2D eigenvalue weighted by molar-refractivity contribution is -0.385. The topological polar surface area (TPSA) is 120 Å². The van der Waals surface area contributed by atoms with Crippen LogP contribution in [0.2, 0.25) is 5.02 Å². The third kappa shape index (κ3) is 4.13. The number of hydrogen-bond donors (Lipinski definition) is 0. The highest BCUT2D eigenvalue weighted by Gasteiger charge is 2.34. The third-order valence-corrected chi connectivity index (χ3v) is 6.05. The Bertz CT molecular complexity index is 1340. The van der Waals surface area contributed by atoms with E-state index in [2.05, 4.69) is 0 Å². The highest BCUT2D eigenvalue weighted by Crippen LogP contribution is 2.38. The molecule has 0 atom stereocenters. The van der Waals surface area contributed by atoms with Gasteiger partial charge in [-0.05, 0) is 24.3 Å². The highest BCUT2D eigenvalue weighted by atomic mass is 35.5. The summed E-state index contributed by atoms with van der Waals surface area (Å²) in [6.07, 6.45) is 1.48. The zero-order chi connectivity index (χ0) is 23.0. The van der Waals surface area contributed by atoms with E-state index in [0.29, 0.717) is 17.1 Å². The van der Waals surface area contributed by atoms with Gasteiger partial charge in [0.15, 0.2) is 4.32 Å². The summed E-state index contributed by atoms with van der Waals surface area (Å²) in [7, 11) is 0. The first-order valence-electron chi connectivity index (χ1n) is 8.81. The van der Waals surface area contributed by atoms with E-state index < -0.39 is 15.8 Å². The predicted molar refractivity (Wildman–Crippen MR) is 125 cm³/mol. The summed E-state index contributed by atoms with van der Waals surface area (Å²) < 4.78 is 5.94. The molecule has 1 fully saturated rings. The molecule has 0 N–H and O–H groups in total. The molecule has 9 nitrogen and oxygen atoms in total. The molecule has 4 rings (SSSR count). The summed E-state index contributed by atoms with van der Waals surface area (Å²) in [5.41, 5.74) is 0.323. The van der Waals surface area contributed by atoms with Crippen LogP contribution in [0.4, 0.5) is 17.1 Å². The van der Waals surface area contributed by atoms with Crippen molar-refractivity contribution in [3.8, 4) is 11.3 Å². The SMILES string of the molecule is O=C1/C(=C\c2ccc(-c3cc([N+](=O)[O-])ccc3Cl)o2)SC(=S)N1c1cccc([N+](=O)[O-])c1. The van der Waals surface area contributed by atoms with Gasteiger partial charge in [0.05, 0.1) is 25.5 Å². The number of hydrogen-bond acceptors (Lipinski definition) is 8. The number of non-ortho nitro benzene ring substituents is 2. The zero-order valence-corrected chi connectivity index (χ0v) is 18.1. The lowest BCUT2D eigenvalue weighted by Crippen LogP contribution is -2.27. The van der Waals surface area contributed by atoms with E-state index in [1.54, 1.807) is 18.2 Å². The van der Waals surface area contributed by atoms with Crippen molar-refractivity contribution in [3.63, 3.8) is 0 Å². The number of carbonyl (C=O) groups excluding carboxylic acids is 1. The number of thiocarbonyl (C=S) groups is 1. The molecule has 1 aliphatic rings. The Morgan fingerprint density at radius 2 is 1.75 bits per heavy atom. The Labute approximate surface area is 194 Å². The number of halogens is 1. The summed E-state index contributed by atoms with van der Waals surface area (Å²) in [5, 5.41) is 22.3. The van der Waals surface area contributed by atoms with Crippen molar-refractivity contribution in [2.24, 2.45) is 0 Å². The highest BCUT2D eigenvalue weighted by molar-refractivity contribution is 8.27. The van der Waals surface area contributed by atoms with Gasteiger partial charge >= 0.3 is 0 Å². The minimum Gasteiger partial charge on any atom is -0.457 e. The molecule has 160 valence electrons. The number of nitrogens with zero attached hydrogens (tertiary/aromatic N) is 3. The molecule has 1 aliphatic heterocycles. The van der Waals surface area contributed by atoms with E-state index in [0.717, 1.165) is 11.8 Å². The van der Waals surface area contributed by atoms with Crippen LogP contribution >= 0.6 is 35.6 Å². The third-order valence-electron chi connectivity index (χ3n) is 4.42. The van der Waals surface area contributed by atoms with E-state index in [-0.39, 0.29) is 31.3 Å². The second kappa shape index (κ2) is 8.54. The molecular weight excluding hydrogens is 478 g/mol. The Morgan fingerprint density at radius 3 is 2.47 bits per heavy atom. The number of amides is 1. The second-order valence-electron chi connectivity index (χ2n) is 6.42. The smallest absolute Gasteiger partial charge is 0.271 e. The fourth-order valence-electron chi connectivity index (χ4n) is 2.96. The fourth-order valence-corrected chi connectivity index (χ4v) is 4.45. The van der Waals surface area contributed by atoms with Crippen LogP contribution in [0.15, 0.2) is 63.9 Å². The average Bonchev–Trinajstić information content (AvgIpc) is 3.32. The zero-order valence-electron chi connectivity index (χ0n) is 15.8. The first-order chi connectivity index (χ1) is 15.2. The molecular formula is C20H10ClN3O6S2. The maximum atomic E-state index is 12.9. The van der Waals surface area contributed by atoms with E-state index in [1.165, 1.54) is 47.4 Å². The quantitative estimate of drug-likeness (QED) is 0.191. The predicted octanol–water partition coefficient (Wildman–Crippen LogP) is 5.82. The molecule has 0 spiro atoms. The van der Waals surface area contributed by atoms with E-state index in [1.807, 2.05) is 0 Å². The van der Waals surface area contributed by atoms with Crippen LogP contribution in [0.1, 0.15) is 5.76 Å². The summed E-state index contributed by atoms with van der Waals surface area (Å²) in [5.74, 6) is 0.146. The number of thioether (sulfide) groups is 1. The van der Waals surface area contributed by atoms with Gasteiger partial charge in [-0.3, -0.25) is 29.9 Å². The minimum absolute atomic E-state index is 0.139. The number of carbonyl (C=O) groups is 1. The molecule has 0 unspecified atom stereocenters. The lowest BCUT2D eigenvalue weighted by Gasteiger charge is -2.13. The summed E-state index contributed by atoms with van der Waals surface area (Å²) in [6.45, 7) is 0. The molecule has 1 aromatic heterocycles. The average molecular weight is 488 g/mol. The number of nitro benzene ring substituents is 2. The van der Waals surface area contributed by atoms with Crippen LogP contribution in [0.5, 0.6) is 0 Å². The van der Waals surface area contributed by atoms with Gasteiger partial charge in [0.2, 0.25) is 0 Å². The Morgan fingerprint density at radius 1 is 1.03 bits per heavy atom. The Kier molecular flexibility index (Phi) is 5.78. The molecule has 0 saturated carbocycles. The van der Waals surface area contributed by atoms with Crippen LogP contribution in [0, 0.1) is 20.2 Å². The van der Waals surface area contributed by atoms with Crippen molar-refractivity contribution >= 4 is 68.9 Å². The molecule has 2 heterocycles. The fraction of sp³-hybridized carbons (Fsp3) is 0. The largest absolute Gasteiger partial charge is 0.457 e. The van der Waals surface area contributed by atoms with Crippen molar-refractivity contribution in [2.75, 3.05) is 4.90 Å². The van der Waals surface area contributed by atoms with Crippen molar-refractivity contribution in [3.05, 3.63) is 90.5 Å². The lowest BCUT2D eigenvalue weighted by atomic mass is 10.1. The van der Waals surface area contributed by atoms with Gasteiger partial charge in [-0.1, -0.05) is 41.6 Å². The molecule has 0 bridgehead atoms. The summed E-state index contributed by atoms with van der Waals surface area (Å²) >= 11 is 12.5. The molecule has 1 saturated heterocycles. The number of furan rings is 1. The van der Waals surface area contributed by atoms with E-state index in [9.17, 15) is 25.0 Å². The van der Waals surface area contributed by atoms with Gasteiger partial charge in [0, 0.05) is 35.9 Å². The maximum Gasteiger partial charge on any atom is 0.271 e. The Balaban J connectivity index is 1.63. The second-order valence-corrected chi connectivity index (χ2v) is 8.50. The molecule has 12 heteroatoms. The molecule has 1 amide bonds. The van der Waals surface area contributed by atoms with Gasteiger partial charge < -0.3 is 4.42 Å². The number of rotatable bonds is 5. The van der Waals surface area contributed by atoms with Crippen molar-refractivity contribution < 1.29 is 19.1 Å². The van der Waals surface area contributed by atoms with Crippen molar-refractivity contribution in [2.45, 2.75) is 0 Å². The number of anilines is 1. The number of nitro groups is 2. The first-order valence-corrected chi connectivity index (χ1v) is 10.4. The molecule has 0 radical (unpaired) electrons. The van der Waals surface area contributed by atoms with Gasteiger partial charge in [-0.25, -0.2) is 0 Å². The molecule has 32 heavy (non-hydrogen) atoms. The summed E-state index contributed by atoms with van der Waals surface area (Å²) in [6, 6.07) is 12.8. The van der Waals surface area contributed by atoms with Gasteiger partial charge in [0.1, 0.15) is 11.5 Å². The van der Waals surface area contributed by atoms with Crippen molar-refractivity contribution in [1.29, 1.82) is 0 Å². The van der Waals surface area contributed by atoms with Crippen LogP contribution < -0.4 is 4.90 Å².